The second-order valence-corrected chi connectivity index (χ2v) is 9.62. The molecule has 1 atom stereocenters. The zero-order valence-electron chi connectivity index (χ0n) is 16.0. The molecule has 1 N–H and O–H groups in total. The van der Waals surface area contributed by atoms with E-state index in [0.29, 0.717) is 26.9 Å². The molecule has 2 aliphatic carbocycles. The molecule has 0 bridgehead atoms. The summed E-state index contributed by atoms with van der Waals surface area (Å²) in [4.78, 5) is 21.1. The highest BCUT2D eigenvalue weighted by atomic mass is 79.9. The number of carbonyl (C=O) groups excluding carboxylic acids is 1. The summed E-state index contributed by atoms with van der Waals surface area (Å²) < 4.78 is 30.9. The summed E-state index contributed by atoms with van der Waals surface area (Å²) in [5, 5.41) is 0. The zero-order valence-corrected chi connectivity index (χ0v) is 17.5. The molecule has 1 saturated carbocycles. The van der Waals surface area contributed by atoms with Crippen LogP contribution in [-0.4, -0.2) is 27.8 Å². The van der Waals surface area contributed by atoms with Gasteiger partial charge < -0.3 is 9.88 Å². The number of aromatic amines is 1. The van der Waals surface area contributed by atoms with Gasteiger partial charge >= 0.3 is 0 Å². The highest BCUT2D eigenvalue weighted by Gasteiger charge is 2.52. The van der Waals surface area contributed by atoms with Crippen molar-refractivity contribution in [2.24, 2.45) is 5.41 Å². The Kier molecular flexibility index (Phi) is 3.65. The second-order valence-electron chi connectivity index (χ2n) is 8.70. The van der Waals surface area contributed by atoms with E-state index in [1.165, 1.54) is 6.07 Å². The highest BCUT2D eigenvalue weighted by molar-refractivity contribution is 9.10. The molecule has 3 aliphatic rings. The minimum Gasteiger partial charge on any atom is -0.340 e. The normalized spacial score (nSPS) is 22.2. The monoisotopic (exact) mass is 469 g/mol. The maximum atomic E-state index is 15.2. The van der Waals surface area contributed by atoms with Gasteiger partial charge in [-0.3, -0.25) is 4.79 Å². The number of imidazole rings is 1. The Bertz CT molecular complexity index is 1200. The molecule has 6 rings (SSSR count). The molecule has 7 heteroatoms. The predicted molar refractivity (Wildman–Crippen MR) is 112 cm³/mol. The molecule has 1 amide bonds. The second kappa shape index (κ2) is 6.00. The van der Waals surface area contributed by atoms with Gasteiger partial charge in [0.1, 0.15) is 5.82 Å². The Morgan fingerprint density at radius 1 is 1.13 bits per heavy atom. The van der Waals surface area contributed by atoms with Crippen molar-refractivity contribution in [3.63, 3.8) is 0 Å². The van der Waals surface area contributed by atoms with Crippen LogP contribution in [0.2, 0.25) is 0 Å². The lowest BCUT2D eigenvalue weighted by atomic mass is 10.0. The zero-order chi connectivity index (χ0) is 20.7. The van der Waals surface area contributed by atoms with E-state index in [1.54, 1.807) is 35.4 Å². The molecule has 2 fully saturated rings. The third-order valence-corrected chi connectivity index (χ3v) is 7.32. The number of nitrogens with zero attached hydrogens (tertiary/aromatic N) is 2. The van der Waals surface area contributed by atoms with E-state index in [-0.39, 0.29) is 22.6 Å². The number of nitrogens with one attached hydrogen (secondary N) is 1. The molecule has 1 spiro atoms. The van der Waals surface area contributed by atoms with E-state index < -0.39 is 5.92 Å². The SMILES string of the molecule is O=CN1CC2(CC2)CC1c1ncc(-c2ccc3c(c2)C(F)(F)c2cc(Br)ccc2-3)[nH]1. The van der Waals surface area contributed by atoms with Gasteiger partial charge in [0.05, 0.1) is 17.9 Å². The Morgan fingerprint density at radius 3 is 2.60 bits per heavy atom. The number of H-pyrrole nitrogens is 1. The van der Waals surface area contributed by atoms with Crippen molar-refractivity contribution in [3.8, 4) is 22.4 Å². The van der Waals surface area contributed by atoms with E-state index in [0.717, 1.165) is 38.0 Å². The first-order chi connectivity index (χ1) is 14.4. The number of likely N-dealkylation sites (tertiary alicyclic amines) is 1. The summed E-state index contributed by atoms with van der Waals surface area (Å²) >= 11 is 3.30. The molecule has 2 aromatic carbocycles. The van der Waals surface area contributed by atoms with Crippen LogP contribution in [0.25, 0.3) is 22.4 Å². The number of hydrogen-bond acceptors (Lipinski definition) is 2. The fourth-order valence-corrected chi connectivity index (χ4v) is 5.37. The van der Waals surface area contributed by atoms with Crippen LogP contribution < -0.4 is 0 Å². The molecule has 1 aromatic heterocycles. The fourth-order valence-electron chi connectivity index (χ4n) is 5.01. The molecule has 4 nitrogen and oxygen atoms in total. The Hall–Kier alpha value is -2.54. The summed E-state index contributed by atoms with van der Waals surface area (Å²) in [6.45, 7) is 0.774. The first-order valence-electron chi connectivity index (χ1n) is 9.99. The number of halogens is 3. The van der Waals surface area contributed by atoms with E-state index in [4.69, 9.17) is 0 Å². The van der Waals surface area contributed by atoms with Crippen molar-refractivity contribution >= 4 is 22.3 Å². The van der Waals surface area contributed by atoms with Gasteiger partial charge in [0, 0.05) is 27.7 Å². The number of aromatic nitrogens is 2. The first-order valence-corrected chi connectivity index (χ1v) is 10.8. The molecule has 3 aromatic rings. The van der Waals surface area contributed by atoms with E-state index in [1.807, 2.05) is 6.07 Å². The Balaban J connectivity index is 1.37. The summed E-state index contributed by atoms with van der Waals surface area (Å²) in [6.07, 6.45) is 5.78. The van der Waals surface area contributed by atoms with Gasteiger partial charge in [0.2, 0.25) is 6.41 Å². The van der Waals surface area contributed by atoms with Crippen molar-refractivity contribution in [2.75, 3.05) is 6.54 Å². The quantitative estimate of drug-likeness (QED) is 0.504. The largest absolute Gasteiger partial charge is 0.340 e. The molecule has 152 valence electrons. The van der Waals surface area contributed by atoms with Crippen LogP contribution >= 0.6 is 15.9 Å². The topological polar surface area (TPSA) is 49.0 Å². The molecule has 2 heterocycles. The summed E-state index contributed by atoms with van der Waals surface area (Å²) in [7, 11) is 0. The van der Waals surface area contributed by atoms with Gasteiger partial charge in [-0.25, -0.2) is 4.98 Å². The van der Waals surface area contributed by atoms with Gasteiger partial charge in [-0.05, 0) is 54.0 Å². The average molecular weight is 470 g/mol. The van der Waals surface area contributed by atoms with Crippen LogP contribution in [0.15, 0.2) is 47.1 Å². The summed E-state index contributed by atoms with van der Waals surface area (Å²) in [5.41, 5.74) is 2.77. The van der Waals surface area contributed by atoms with Crippen LogP contribution in [-0.2, 0) is 10.7 Å². The van der Waals surface area contributed by atoms with E-state index in [9.17, 15) is 4.79 Å². The van der Waals surface area contributed by atoms with Gasteiger partial charge in [-0.1, -0.05) is 34.1 Å². The lowest BCUT2D eigenvalue weighted by Crippen LogP contribution is -2.22. The van der Waals surface area contributed by atoms with Crippen molar-refractivity contribution in [1.29, 1.82) is 0 Å². The molecule has 30 heavy (non-hydrogen) atoms. The van der Waals surface area contributed by atoms with Gasteiger partial charge in [-0.15, -0.1) is 0 Å². The molecule has 1 saturated heterocycles. The van der Waals surface area contributed by atoms with Crippen molar-refractivity contribution < 1.29 is 13.6 Å². The van der Waals surface area contributed by atoms with Crippen LogP contribution in [0.3, 0.4) is 0 Å². The van der Waals surface area contributed by atoms with Crippen LogP contribution in [0, 0.1) is 5.41 Å². The van der Waals surface area contributed by atoms with Crippen LogP contribution in [0.4, 0.5) is 8.78 Å². The summed E-state index contributed by atoms with van der Waals surface area (Å²) in [6, 6.07) is 10.1. The van der Waals surface area contributed by atoms with Crippen LogP contribution in [0.1, 0.15) is 42.3 Å². The van der Waals surface area contributed by atoms with E-state index in [2.05, 4.69) is 25.9 Å². The van der Waals surface area contributed by atoms with Gasteiger partial charge in [-0.2, -0.15) is 8.78 Å². The van der Waals surface area contributed by atoms with Crippen molar-refractivity contribution in [2.45, 2.75) is 31.2 Å². The lowest BCUT2D eigenvalue weighted by molar-refractivity contribution is -0.119. The number of benzene rings is 2. The molecular weight excluding hydrogens is 452 g/mol. The predicted octanol–water partition coefficient (Wildman–Crippen LogP) is 5.64. The number of amides is 1. The minimum absolute atomic E-state index is 0.0107. The van der Waals surface area contributed by atoms with E-state index >= 15 is 8.78 Å². The summed E-state index contributed by atoms with van der Waals surface area (Å²) in [5.74, 6) is -2.33. The third kappa shape index (κ3) is 2.54. The smallest absolute Gasteiger partial charge is 0.299 e. The average Bonchev–Trinajstić information content (AvgIpc) is 3.09. The van der Waals surface area contributed by atoms with Crippen LogP contribution in [0.5, 0.6) is 0 Å². The maximum absolute atomic E-state index is 15.2. The highest BCUT2D eigenvalue weighted by Crippen LogP contribution is 2.58. The minimum atomic E-state index is -3.05. The maximum Gasteiger partial charge on any atom is 0.299 e. The molecule has 1 unspecified atom stereocenters. The lowest BCUT2D eigenvalue weighted by Gasteiger charge is -2.17. The van der Waals surface area contributed by atoms with Crippen molar-refractivity contribution in [1.82, 2.24) is 14.9 Å². The number of carbonyl (C=O) groups is 1. The fraction of sp³-hybridized carbons (Fsp3) is 0.304. The number of hydrogen-bond donors (Lipinski definition) is 1. The van der Waals surface area contributed by atoms with Gasteiger partial charge in [0.25, 0.3) is 5.92 Å². The first kappa shape index (κ1) is 18.2. The third-order valence-electron chi connectivity index (χ3n) is 6.83. The van der Waals surface area contributed by atoms with Crippen molar-refractivity contribution in [3.05, 3.63) is 64.0 Å². The standard InChI is InChI=1S/C23H18BrF2N3O/c24-14-2-4-16-15-3-1-13(7-17(15)23(25,26)18(16)8-14)19-10-27-21(28-19)20-9-22(5-6-22)11-29(20)12-30/h1-4,7-8,10,12,20H,5-6,9,11H2,(H,27,28). The molecular formula is C23H18BrF2N3O. The molecule has 1 aliphatic heterocycles. The van der Waals surface area contributed by atoms with Gasteiger partial charge in [0.15, 0.2) is 0 Å². The number of fused-ring (bicyclic) bond motifs is 3. The number of rotatable bonds is 3. The molecule has 0 radical (unpaired) electrons. The Morgan fingerprint density at radius 2 is 1.87 bits per heavy atom. The number of alkyl halides is 2. The Labute approximate surface area is 180 Å².